The van der Waals surface area contributed by atoms with E-state index in [9.17, 15) is 0 Å². The average molecular weight is 194 g/mol. The van der Waals surface area contributed by atoms with Crippen molar-refractivity contribution in [2.24, 2.45) is 17.8 Å². The lowest BCUT2D eigenvalue weighted by Gasteiger charge is -2.32. The maximum Gasteiger partial charge on any atom is 0.0162 e. The number of nitrogens with one attached hydrogen (secondary N) is 1. The lowest BCUT2D eigenvalue weighted by atomic mass is 9.88. The number of hydrogen-bond donors (Lipinski definition) is 1. The largest absolute Gasteiger partial charge is 0.255 e. The Labute approximate surface area is 87.0 Å². The zero-order chi connectivity index (χ0) is 9.38. The summed E-state index contributed by atoms with van der Waals surface area (Å²) in [6.07, 6.45) is 8.92. The molecule has 3 atom stereocenters. The lowest BCUT2D eigenvalue weighted by molar-refractivity contribution is 0.109. The molecule has 2 heteroatoms. The maximum atomic E-state index is 3.54. The SMILES string of the molecule is C1CCN(CC2CC3CCC2C3)NC1. The van der Waals surface area contributed by atoms with Crippen molar-refractivity contribution in [3.05, 3.63) is 0 Å². The molecule has 14 heavy (non-hydrogen) atoms. The Kier molecular flexibility index (Phi) is 2.50. The standard InChI is InChI=1S/C12H22N2/c1-2-6-14(13-5-1)9-12-8-10-3-4-11(12)7-10/h10-13H,1-9H2. The van der Waals surface area contributed by atoms with E-state index in [1.54, 1.807) is 6.42 Å². The molecule has 0 radical (unpaired) electrons. The Morgan fingerprint density at radius 1 is 1.14 bits per heavy atom. The topological polar surface area (TPSA) is 15.3 Å². The summed E-state index contributed by atoms with van der Waals surface area (Å²) >= 11 is 0. The molecule has 1 aliphatic heterocycles. The molecule has 0 aromatic carbocycles. The highest BCUT2D eigenvalue weighted by molar-refractivity contribution is 4.91. The normalized spacial score (nSPS) is 43.3. The molecule has 0 aromatic heterocycles. The minimum atomic E-state index is 1.03. The third kappa shape index (κ3) is 1.70. The summed E-state index contributed by atoms with van der Waals surface area (Å²) in [6, 6.07) is 0. The second-order valence-electron chi connectivity index (χ2n) is 5.50. The first kappa shape index (κ1) is 9.17. The molecule has 1 saturated heterocycles. The van der Waals surface area contributed by atoms with Gasteiger partial charge >= 0.3 is 0 Å². The van der Waals surface area contributed by atoms with E-state index >= 15 is 0 Å². The van der Waals surface area contributed by atoms with Gasteiger partial charge in [-0.15, -0.1) is 0 Å². The van der Waals surface area contributed by atoms with Crippen LogP contribution in [0.4, 0.5) is 0 Å². The number of hydrogen-bond acceptors (Lipinski definition) is 2. The molecule has 2 aliphatic carbocycles. The summed E-state index contributed by atoms with van der Waals surface area (Å²) in [6.45, 7) is 3.83. The monoisotopic (exact) mass is 194 g/mol. The predicted octanol–water partition coefficient (Wildman–Crippen LogP) is 2.02. The second kappa shape index (κ2) is 3.82. The van der Waals surface area contributed by atoms with E-state index in [4.69, 9.17) is 0 Å². The van der Waals surface area contributed by atoms with Gasteiger partial charge in [-0.2, -0.15) is 0 Å². The highest BCUT2D eigenvalue weighted by Gasteiger charge is 2.39. The van der Waals surface area contributed by atoms with Gasteiger partial charge in [-0.1, -0.05) is 6.42 Å². The summed E-state index contributed by atoms with van der Waals surface area (Å²) in [5, 5.41) is 2.49. The molecule has 3 aliphatic rings. The van der Waals surface area contributed by atoms with Gasteiger partial charge in [-0.25, -0.2) is 5.01 Å². The van der Waals surface area contributed by atoms with E-state index in [0.717, 1.165) is 17.8 Å². The molecule has 2 nitrogen and oxygen atoms in total. The van der Waals surface area contributed by atoms with Gasteiger partial charge < -0.3 is 0 Å². The van der Waals surface area contributed by atoms with E-state index in [2.05, 4.69) is 10.4 Å². The summed E-state index contributed by atoms with van der Waals surface area (Å²) in [4.78, 5) is 0. The van der Waals surface area contributed by atoms with Crippen LogP contribution in [-0.4, -0.2) is 24.6 Å². The fourth-order valence-electron chi connectivity index (χ4n) is 3.78. The third-order valence-electron chi connectivity index (χ3n) is 4.53. The van der Waals surface area contributed by atoms with Crippen LogP contribution in [0.1, 0.15) is 38.5 Å². The van der Waals surface area contributed by atoms with Crippen molar-refractivity contribution in [2.45, 2.75) is 38.5 Å². The van der Waals surface area contributed by atoms with Crippen molar-refractivity contribution in [3.8, 4) is 0 Å². The second-order valence-corrected chi connectivity index (χ2v) is 5.50. The molecule has 3 unspecified atom stereocenters. The summed E-state index contributed by atoms with van der Waals surface area (Å²) in [5.41, 5.74) is 3.54. The number of nitrogens with zero attached hydrogens (tertiary/aromatic N) is 1. The van der Waals surface area contributed by atoms with E-state index in [1.807, 2.05) is 0 Å². The molecule has 2 bridgehead atoms. The number of hydrazine groups is 1. The summed E-state index contributed by atoms with van der Waals surface area (Å²) in [5.74, 6) is 3.22. The molecule has 0 aromatic rings. The number of rotatable bonds is 2. The van der Waals surface area contributed by atoms with Crippen LogP contribution >= 0.6 is 0 Å². The first-order chi connectivity index (χ1) is 6.92. The zero-order valence-corrected chi connectivity index (χ0v) is 9.04. The van der Waals surface area contributed by atoms with Gasteiger partial charge in [0.2, 0.25) is 0 Å². The molecule has 3 rings (SSSR count). The molecule has 1 heterocycles. The molecular weight excluding hydrogens is 172 g/mol. The Morgan fingerprint density at radius 2 is 2.14 bits per heavy atom. The summed E-state index contributed by atoms with van der Waals surface area (Å²) < 4.78 is 0. The Morgan fingerprint density at radius 3 is 2.79 bits per heavy atom. The Hall–Kier alpha value is -0.0800. The maximum absolute atomic E-state index is 3.54. The predicted molar refractivity (Wildman–Crippen MR) is 57.7 cm³/mol. The summed E-state index contributed by atoms with van der Waals surface area (Å²) in [7, 11) is 0. The minimum Gasteiger partial charge on any atom is -0.255 e. The molecule has 2 saturated carbocycles. The molecule has 1 N–H and O–H groups in total. The fourth-order valence-corrected chi connectivity index (χ4v) is 3.78. The van der Waals surface area contributed by atoms with E-state index in [0.29, 0.717) is 0 Å². The van der Waals surface area contributed by atoms with E-state index in [1.165, 1.54) is 51.7 Å². The molecule has 3 fully saturated rings. The zero-order valence-electron chi connectivity index (χ0n) is 9.04. The lowest BCUT2D eigenvalue weighted by Crippen LogP contribution is -2.46. The van der Waals surface area contributed by atoms with E-state index < -0.39 is 0 Å². The van der Waals surface area contributed by atoms with Crippen LogP contribution in [0.3, 0.4) is 0 Å². The van der Waals surface area contributed by atoms with Crippen LogP contribution in [0.5, 0.6) is 0 Å². The van der Waals surface area contributed by atoms with Crippen molar-refractivity contribution in [1.82, 2.24) is 10.4 Å². The average Bonchev–Trinajstić information content (AvgIpc) is 2.81. The van der Waals surface area contributed by atoms with Crippen LogP contribution < -0.4 is 5.43 Å². The molecule has 80 valence electrons. The van der Waals surface area contributed by atoms with Crippen LogP contribution in [0.25, 0.3) is 0 Å². The van der Waals surface area contributed by atoms with Gasteiger partial charge in [0.05, 0.1) is 0 Å². The van der Waals surface area contributed by atoms with Crippen LogP contribution in [0, 0.1) is 17.8 Å². The highest BCUT2D eigenvalue weighted by atomic mass is 15.5. The van der Waals surface area contributed by atoms with Crippen LogP contribution in [0.15, 0.2) is 0 Å². The van der Waals surface area contributed by atoms with Crippen molar-refractivity contribution in [3.63, 3.8) is 0 Å². The van der Waals surface area contributed by atoms with Gasteiger partial charge in [0, 0.05) is 19.6 Å². The van der Waals surface area contributed by atoms with Gasteiger partial charge in [0.25, 0.3) is 0 Å². The van der Waals surface area contributed by atoms with Crippen molar-refractivity contribution < 1.29 is 0 Å². The van der Waals surface area contributed by atoms with Crippen LogP contribution in [-0.2, 0) is 0 Å². The van der Waals surface area contributed by atoms with Gasteiger partial charge in [-0.3, -0.25) is 5.43 Å². The van der Waals surface area contributed by atoms with Crippen molar-refractivity contribution in [2.75, 3.05) is 19.6 Å². The van der Waals surface area contributed by atoms with E-state index in [-0.39, 0.29) is 0 Å². The molecule has 0 spiro atoms. The van der Waals surface area contributed by atoms with Crippen molar-refractivity contribution in [1.29, 1.82) is 0 Å². The minimum absolute atomic E-state index is 1.03. The third-order valence-corrected chi connectivity index (χ3v) is 4.53. The molecule has 0 amide bonds. The first-order valence-electron chi connectivity index (χ1n) is 6.40. The van der Waals surface area contributed by atoms with Gasteiger partial charge in [0.1, 0.15) is 0 Å². The fraction of sp³-hybridized carbons (Fsp3) is 1.00. The van der Waals surface area contributed by atoms with Crippen LogP contribution in [0.2, 0.25) is 0 Å². The quantitative estimate of drug-likeness (QED) is 0.723. The number of fused-ring (bicyclic) bond motifs is 2. The smallest absolute Gasteiger partial charge is 0.0162 e. The van der Waals surface area contributed by atoms with Gasteiger partial charge in [-0.05, 0) is 49.9 Å². The Bertz CT molecular complexity index is 198. The Balaban J connectivity index is 1.52. The van der Waals surface area contributed by atoms with Crippen molar-refractivity contribution >= 4 is 0 Å². The first-order valence-corrected chi connectivity index (χ1v) is 6.40. The highest BCUT2D eigenvalue weighted by Crippen LogP contribution is 2.48. The molecular formula is C12H22N2. The van der Waals surface area contributed by atoms with Gasteiger partial charge in [0.15, 0.2) is 0 Å².